The van der Waals surface area contributed by atoms with Crippen molar-refractivity contribution in [1.82, 2.24) is 10.2 Å². The summed E-state index contributed by atoms with van der Waals surface area (Å²) in [5.74, 6) is -0.550. The summed E-state index contributed by atoms with van der Waals surface area (Å²) in [7, 11) is 1.52. The fourth-order valence-electron chi connectivity index (χ4n) is 2.94. The van der Waals surface area contributed by atoms with Crippen molar-refractivity contribution in [2.45, 2.75) is 32.9 Å². The summed E-state index contributed by atoms with van der Waals surface area (Å²) in [5.41, 5.74) is 1.27. The summed E-state index contributed by atoms with van der Waals surface area (Å²) < 4.78 is 10.2. The molecule has 2 amide bonds. The number of esters is 1. The van der Waals surface area contributed by atoms with Gasteiger partial charge in [-0.1, -0.05) is 29.3 Å². The molecule has 0 saturated heterocycles. The predicted octanol–water partition coefficient (Wildman–Crippen LogP) is 3.93. The molecule has 8 heteroatoms. The van der Waals surface area contributed by atoms with Crippen LogP contribution in [0.2, 0.25) is 10.0 Å². The molecule has 1 heterocycles. The van der Waals surface area contributed by atoms with E-state index in [2.05, 4.69) is 5.32 Å². The summed E-state index contributed by atoms with van der Waals surface area (Å²) in [5, 5.41) is 3.54. The number of rotatable bonds is 6. The van der Waals surface area contributed by atoms with Crippen molar-refractivity contribution in [3.05, 3.63) is 45.1 Å². The predicted molar refractivity (Wildman–Crippen MR) is 100 cm³/mol. The Bertz CT molecular complexity index is 714. The van der Waals surface area contributed by atoms with Crippen molar-refractivity contribution in [2.24, 2.45) is 0 Å². The van der Waals surface area contributed by atoms with E-state index in [1.165, 1.54) is 12.0 Å². The molecule has 1 aliphatic heterocycles. The number of halogens is 2. The summed E-state index contributed by atoms with van der Waals surface area (Å²) in [6.45, 7) is 5.81. The molecular weight excluding hydrogens is 379 g/mol. The molecule has 1 aromatic rings. The zero-order chi connectivity index (χ0) is 19.4. The van der Waals surface area contributed by atoms with Crippen LogP contribution in [0.5, 0.6) is 0 Å². The average Bonchev–Trinajstić information content (AvgIpc) is 2.54. The smallest absolute Gasteiger partial charge is 0.338 e. The first kappa shape index (κ1) is 20.6. The number of ether oxygens (including phenoxy) is 2. The normalized spacial score (nSPS) is 17.6. The highest BCUT2D eigenvalue weighted by molar-refractivity contribution is 6.36. The number of allylic oxidation sites excluding steroid dienone is 1. The molecule has 2 rings (SSSR count). The van der Waals surface area contributed by atoms with Gasteiger partial charge in [-0.15, -0.1) is 0 Å². The van der Waals surface area contributed by atoms with E-state index < -0.39 is 12.0 Å². The van der Waals surface area contributed by atoms with E-state index in [4.69, 9.17) is 32.7 Å². The van der Waals surface area contributed by atoms with Gasteiger partial charge in [-0.05, 0) is 32.9 Å². The van der Waals surface area contributed by atoms with Gasteiger partial charge in [0.2, 0.25) is 0 Å². The number of amides is 2. The van der Waals surface area contributed by atoms with Gasteiger partial charge < -0.3 is 14.8 Å². The van der Waals surface area contributed by atoms with E-state index in [-0.39, 0.29) is 25.3 Å². The first-order chi connectivity index (χ1) is 12.3. The molecule has 1 aromatic carbocycles. The third-order valence-electron chi connectivity index (χ3n) is 4.07. The zero-order valence-corrected chi connectivity index (χ0v) is 16.6. The summed E-state index contributed by atoms with van der Waals surface area (Å²) in [4.78, 5) is 26.9. The van der Waals surface area contributed by atoms with E-state index in [9.17, 15) is 9.59 Å². The number of hydrogen-bond acceptors (Lipinski definition) is 4. The Labute approximate surface area is 163 Å². The molecule has 1 N–H and O–H groups in total. The number of carbonyl (C=O) groups excluding carboxylic acids is 2. The Morgan fingerprint density at radius 1 is 1.27 bits per heavy atom. The topological polar surface area (TPSA) is 67.9 Å². The standard InChI is InChI=1S/C18H22Cl2N2O4/c1-10(2)22-11(3)14(17(23)26-9-8-25-4)16(21-18(22)24)15-12(19)6-5-7-13(15)20/h5-7,10,16H,8-9H2,1-4H3,(H,21,24)/t16-/m1/s1. The minimum absolute atomic E-state index is 0.102. The number of nitrogens with one attached hydrogen (secondary N) is 1. The van der Waals surface area contributed by atoms with Crippen LogP contribution in [0.3, 0.4) is 0 Å². The van der Waals surface area contributed by atoms with E-state index in [0.717, 1.165) is 0 Å². The van der Waals surface area contributed by atoms with Crippen molar-refractivity contribution in [2.75, 3.05) is 20.3 Å². The van der Waals surface area contributed by atoms with Gasteiger partial charge in [0.25, 0.3) is 0 Å². The van der Waals surface area contributed by atoms with Gasteiger partial charge in [0.1, 0.15) is 6.61 Å². The van der Waals surface area contributed by atoms with Crippen LogP contribution in [-0.4, -0.2) is 43.3 Å². The quantitative estimate of drug-likeness (QED) is 0.579. The monoisotopic (exact) mass is 400 g/mol. The maximum atomic E-state index is 12.8. The van der Waals surface area contributed by atoms with Crippen molar-refractivity contribution in [3.8, 4) is 0 Å². The number of urea groups is 1. The highest BCUT2D eigenvalue weighted by Gasteiger charge is 2.39. The second kappa shape index (κ2) is 8.75. The molecule has 0 aliphatic carbocycles. The first-order valence-electron chi connectivity index (χ1n) is 8.20. The van der Waals surface area contributed by atoms with Gasteiger partial charge in [-0.2, -0.15) is 0 Å². The van der Waals surface area contributed by atoms with Gasteiger partial charge in [-0.25, -0.2) is 9.59 Å². The number of nitrogens with zero attached hydrogens (tertiary/aromatic N) is 1. The Kier molecular flexibility index (Phi) is 6.92. The lowest BCUT2D eigenvalue weighted by atomic mass is 9.94. The maximum absolute atomic E-state index is 12.8. The first-order valence-corrected chi connectivity index (χ1v) is 8.95. The van der Waals surface area contributed by atoms with Crippen LogP contribution in [0.1, 0.15) is 32.4 Å². The van der Waals surface area contributed by atoms with Crippen LogP contribution in [0.15, 0.2) is 29.5 Å². The van der Waals surface area contributed by atoms with E-state index in [1.807, 2.05) is 13.8 Å². The molecular formula is C18H22Cl2N2O4. The lowest BCUT2D eigenvalue weighted by Crippen LogP contribution is -2.50. The molecule has 6 nitrogen and oxygen atoms in total. The lowest BCUT2D eigenvalue weighted by Gasteiger charge is -2.38. The van der Waals surface area contributed by atoms with Crippen LogP contribution in [0, 0.1) is 0 Å². The Morgan fingerprint density at radius 3 is 2.42 bits per heavy atom. The molecule has 0 saturated carbocycles. The third kappa shape index (κ3) is 4.14. The minimum Gasteiger partial charge on any atom is -0.460 e. The van der Waals surface area contributed by atoms with Crippen LogP contribution >= 0.6 is 23.2 Å². The van der Waals surface area contributed by atoms with E-state index >= 15 is 0 Å². The second-order valence-electron chi connectivity index (χ2n) is 6.11. The molecule has 0 spiro atoms. The van der Waals surface area contributed by atoms with Crippen LogP contribution in [0.25, 0.3) is 0 Å². The number of carbonyl (C=O) groups is 2. The minimum atomic E-state index is -0.797. The molecule has 0 fully saturated rings. The molecule has 0 unspecified atom stereocenters. The van der Waals surface area contributed by atoms with Crippen molar-refractivity contribution >= 4 is 35.2 Å². The molecule has 0 bridgehead atoms. The van der Waals surface area contributed by atoms with Gasteiger partial charge in [0, 0.05) is 34.5 Å². The lowest BCUT2D eigenvalue weighted by molar-refractivity contribution is -0.140. The highest BCUT2D eigenvalue weighted by atomic mass is 35.5. The van der Waals surface area contributed by atoms with Crippen LogP contribution < -0.4 is 5.32 Å². The summed E-state index contributed by atoms with van der Waals surface area (Å²) >= 11 is 12.6. The molecule has 0 aromatic heterocycles. The van der Waals surface area contributed by atoms with Crippen molar-refractivity contribution in [3.63, 3.8) is 0 Å². The van der Waals surface area contributed by atoms with E-state index in [1.54, 1.807) is 25.1 Å². The highest BCUT2D eigenvalue weighted by Crippen LogP contribution is 2.38. The third-order valence-corrected chi connectivity index (χ3v) is 4.73. The van der Waals surface area contributed by atoms with Crippen molar-refractivity contribution < 1.29 is 19.1 Å². The fraction of sp³-hybridized carbons (Fsp3) is 0.444. The Morgan fingerprint density at radius 2 is 1.88 bits per heavy atom. The second-order valence-corrected chi connectivity index (χ2v) is 6.92. The molecule has 0 radical (unpaired) electrons. The van der Waals surface area contributed by atoms with Gasteiger partial charge in [0.05, 0.1) is 18.2 Å². The fourth-order valence-corrected chi connectivity index (χ4v) is 3.56. The summed E-state index contributed by atoms with van der Waals surface area (Å²) in [6.07, 6.45) is 0. The SMILES string of the molecule is COCCOC(=O)C1=C(C)N(C(C)C)C(=O)N[C@H]1c1c(Cl)cccc1Cl. The van der Waals surface area contributed by atoms with Crippen molar-refractivity contribution in [1.29, 1.82) is 0 Å². The zero-order valence-electron chi connectivity index (χ0n) is 15.1. The number of hydrogen-bond donors (Lipinski definition) is 1. The average molecular weight is 401 g/mol. The molecule has 1 atom stereocenters. The maximum Gasteiger partial charge on any atom is 0.338 e. The number of benzene rings is 1. The van der Waals surface area contributed by atoms with Gasteiger partial charge in [0.15, 0.2) is 0 Å². The molecule has 26 heavy (non-hydrogen) atoms. The molecule has 1 aliphatic rings. The summed E-state index contributed by atoms with van der Waals surface area (Å²) in [6, 6.07) is 3.76. The van der Waals surface area contributed by atoms with Crippen LogP contribution in [-0.2, 0) is 14.3 Å². The van der Waals surface area contributed by atoms with Gasteiger partial charge in [-0.3, -0.25) is 4.90 Å². The Balaban J connectivity index is 2.54. The number of methoxy groups -OCH3 is 1. The van der Waals surface area contributed by atoms with Gasteiger partial charge >= 0.3 is 12.0 Å². The Hall–Kier alpha value is -1.76. The molecule has 142 valence electrons. The largest absolute Gasteiger partial charge is 0.460 e. The van der Waals surface area contributed by atoms with Crippen LogP contribution in [0.4, 0.5) is 4.79 Å². The van der Waals surface area contributed by atoms with E-state index in [0.29, 0.717) is 26.9 Å².